The minimum absolute atomic E-state index is 0. The summed E-state index contributed by atoms with van der Waals surface area (Å²) in [6, 6.07) is 1.05. The number of likely N-dealkylation sites (N-methyl/N-ethyl adjacent to an activating group) is 1. The number of amides is 6. The van der Waals surface area contributed by atoms with Crippen molar-refractivity contribution in [3.05, 3.63) is 101 Å². The van der Waals surface area contributed by atoms with Crippen molar-refractivity contribution in [1.82, 2.24) is 30.3 Å². The quantitative estimate of drug-likeness (QED) is 0.0186. The van der Waals surface area contributed by atoms with Crippen LogP contribution in [0.5, 0.6) is 11.5 Å². The number of aliphatic hydroxyl groups excluding tert-OH is 1. The average molecular weight is 1980 g/mol. The molecule has 12 fully saturated rings. The zero-order chi connectivity index (χ0) is 98.8. The van der Waals surface area contributed by atoms with Crippen molar-refractivity contribution in [2.24, 2.45) is 93.3 Å². The minimum Gasteiger partial charge on any atom is -0.503 e. The lowest BCUT2D eigenvalue weighted by atomic mass is 9.99. The largest absolute Gasteiger partial charge is 0.503 e. The smallest absolute Gasteiger partial charge is 0.420 e. The number of alkyl carbamates (subject to hydrolysis) is 2. The van der Waals surface area contributed by atoms with Crippen LogP contribution in [-0.4, -0.2) is 212 Å². The van der Waals surface area contributed by atoms with Crippen LogP contribution in [0, 0.1) is 88.5 Å². The number of fused-ring (bicyclic) bond motifs is 10. The van der Waals surface area contributed by atoms with Crippen molar-refractivity contribution in [2.45, 2.75) is 354 Å². The topological polar surface area (TPSA) is 513 Å². The molecule has 2 aromatic heterocycles. The fraction of sp³-hybridized carbons (Fsp3) is 0.747. The second-order valence-corrected chi connectivity index (χ2v) is 54.4. The van der Waals surface area contributed by atoms with E-state index in [4.69, 9.17) is 59.7 Å². The van der Waals surface area contributed by atoms with E-state index in [-0.39, 0.29) is 97.5 Å². The van der Waals surface area contributed by atoms with E-state index in [0.29, 0.717) is 88.7 Å². The first-order valence-corrected chi connectivity index (χ1v) is 51.8. The summed E-state index contributed by atoms with van der Waals surface area (Å²) in [6.07, 6.45) is 12.5. The number of hydrogen-bond acceptors (Lipinski definition) is 26. The van der Waals surface area contributed by atoms with E-state index in [1.165, 1.54) is 53.4 Å². The molecule has 0 unspecified atom stereocenters. The van der Waals surface area contributed by atoms with Gasteiger partial charge in [-0.15, -0.1) is 12.4 Å². The molecule has 1 aromatic carbocycles. The van der Waals surface area contributed by atoms with Gasteiger partial charge in [0, 0.05) is 66.6 Å². The lowest BCUT2D eigenvalue weighted by Gasteiger charge is -2.42. The van der Waals surface area contributed by atoms with E-state index >= 15 is 0 Å². The number of hydrogen-bond donors (Lipinski definition) is 8. The molecule has 3 aromatic rings. The average Bonchev–Trinajstić information content (AvgIpc) is 1.54. The Morgan fingerprint density at radius 2 is 1.03 bits per heavy atom. The fourth-order valence-electron chi connectivity index (χ4n) is 18.9. The lowest BCUT2D eigenvalue weighted by molar-refractivity contribution is -0.0215. The standard InChI is InChI=1S/C22H41NO5Si.C21H18F3N3O4.C12H25NOSi.C11H18N4O2.C11H19NO3.C10H10O7.C6H12N2.2CH4.ClH.H2O/c1-20(2,3)26-18(24)23(19(25)27-21(4,5)6)16-13-14-12-15(14)17(16)28-29(10,11)22(7,8)9;1-26-15-3-8-2-10(8)16(15)27-7-12(18(28)19(29)17(27)21(26)31)20(30)25-6-11-13(23)4-9(22)5-14(11)24;1-12(2,3)15(4,5)14-11-9-6-8(9)7-10(11)13;1-11(2,3)17-10(16)13-8-5-6-4-7(6)9(8)14-15-12;1-11(2,3)15-10(14)12-8-5-6-4-7(6)9(8)13;1-14-7-6(11)5(9(12)15-2)4-17-8(7)10(13)16-3;7-5-2-3-1-4(3)6(5)8;;;;/h14-17H,12-13H2,1-11H3;4-5,7-8,10,15-16,29H,2-3,6H2,1H3,(H,25,30);8-11H,6-7,13H2,1-5H3;6-9H,4-5H2,1-3H3,(H,13,16);6-9,13H,4-5H2,1-3H3,(H,12,14);4H,1-3H3;3-6H,1-2,7-8H2;2*1H4;1H;1H2/t14-,15-,16-,17-;8-,10-,15-,16+;8-,9-,10-,11-;6-,7-,8-,9+;6-,7-,8-,9-;;3-,4-,5-,6+;;;;/m11111.1..../s1. The zero-order valence-corrected chi connectivity index (χ0v) is 85.2. The molecule has 41 heteroatoms. The number of pyridine rings is 1. The minimum atomic E-state index is -2.07. The Balaban J connectivity index is 0.000000250. The third kappa shape index (κ3) is 28.2. The van der Waals surface area contributed by atoms with Gasteiger partial charge in [0.1, 0.15) is 57.2 Å². The molecule has 1 aliphatic heterocycles. The molecular weight excluding hydrogens is 1830 g/mol. The maximum atomic E-state index is 13.8. The number of halogens is 4. The lowest BCUT2D eigenvalue weighted by Crippen LogP contribution is -2.55. The van der Waals surface area contributed by atoms with Crippen LogP contribution in [0.15, 0.2) is 43.7 Å². The summed E-state index contributed by atoms with van der Waals surface area (Å²) in [5, 5.41) is 32.2. The molecule has 12 aliphatic carbocycles. The van der Waals surface area contributed by atoms with E-state index in [2.05, 4.69) is 103 Å². The molecule has 0 radical (unpaired) electrons. The molecule has 3 heterocycles. The highest BCUT2D eigenvalue weighted by atomic mass is 35.5. The predicted octanol–water partition coefficient (Wildman–Crippen LogP) is 15.3. The van der Waals surface area contributed by atoms with Crippen LogP contribution in [0.4, 0.5) is 32.3 Å². The van der Waals surface area contributed by atoms with Crippen molar-refractivity contribution < 1.29 is 114 Å². The number of benzene rings is 1. The Kier molecular flexibility index (Phi) is 37.6. The summed E-state index contributed by atoms with van der Waals surface area (Å²) in [5.74, 6) is -1.11. The Bertz CT molecular complexity index is 4910. The predicted molar refractivity (Wildman–Crippen MR) is 512 cm³/mol. The second kappa shape index (κ2) is 44.1. The monoisotopic (exact) mass is 1980 g/mol. The molecule has 13 N–H and O–H groups in total. The molecular formula is C95H154ClF3N12O23Si2. The highest BCUT2D eigenvalue weighted by Crippen LogP contribution is 2.62. The molecule has 768 valence electrons. The fourth-order valence-corrected chi connectivity index (χ4v) is 21.6. The number of carbonyl (C=O) groups excluding carboxylic acids is 8. The molecule has 0 spiro atoms. The Hall–Kier alpha value is -8.58. The van der Waals surface area contributed by atoms with E-state index in [1.807, 2.05) is 41.5 Å². The first-order valence-electron chi connectivity index (χ1n) is 46.0. The van der Waals surface area contributed by atoms with Crippen LogP contribution in [0.1, 0.15) is 270 Å². The number of esters is 2. The van der Waals surface area contributed by atoms with Crippen LogP contribution in [0.2, 0.25) is 36.3 Å². The van der Waals surface area contributed by atoms with E-state index in [9.17, 15) is 71.3 Å². The highest BCUT2D eigenvalue weighted by molar-refractivity contribution is 6.74. The van der Waals surface area contributed by atoms with E-state index < -0.39 is 150 Å². The second-order valence-electron chi connectivity index (χ2n) is 44.9. The van der Waals surface area contributed by atoms with Gasteiger partial charge in [-0.3, -0.25) is 19.2 Å². The van der Waals surface area contributed by atoms with Crippen molar-refractivity contribution in [3.63, 3.8) is 0 Å². The number of ether oxygens (including phenoxy) is 7. The van der Waals surface area contributed by atoms with Crippen LogP contribution in [-0.2, 0) is 43.8 Å². The number of rotatable bonds is 14. The summed E-state index contributed by atoms with van der Waals surface area (Å²) in [6.45, 7) is 43.7. The number of aromatic hydroxyl groups is 1. The summed E-state index contributed by atoms with van der Waals surface area (Å²) in [4.78, 5) is 127. The number of nitrogens with two attached hydrogens (primary N) is 3. The van der Waals surface area contributed by atoms with Gasteiger partial charge in [-0.25, -0.2) is 46.8 Å². The van der Waals surface area contributed by atoms with Crippen molar-refractivity contribution >= 4 is 77.2 Å². The molecule has 13 aliphatic rings. The number of aliphatic hydroxyl groups is 1. The van der Waals surface area contributed by atoms with Gasteiger partial charge < -0.3 is 105 Å². The molecule has 0 saturated heterocycles. The van der Waals surface area contributed by atoms with Gasteiger partial charge >= 0.3 is 36.3 Å². The van der Waals surface area contributed by atoms with E-state index in [0.717, 1.165) is 95.5 Å². The summed E-state index contributed by atoms with van der Waals surface area (Å²) >= 11 is 0. The van der Waals surface area contributed by atoms with E-state index in [1.54, 1.807) is 48.6 Å². The van der Waals surface area contributed by atoms with Gasteiger partial charge in [-0.2, -0.15) is 0 Å². The number of methoxy groups -OCH3 is 3. The molecule has 16 rings (SSSR count). The summed E-state index contributed by atoms with van der Waals surface area (Å²) < 4.78 is 95.2. The van der Waals surface area contributed by atoms with Gasteiger partial charge in [0.25, 0.3) is 17.6 Å². The molecule has 6 amide bonds. The van der Waals surface area contributed by atoms with Crippen molar-refractivity contribution in [3.8, 4) is 11.5 Å². The maximum Gasteiger partial charge on any atom is 0.420 e. The Morgan fingerprint density at radius 1 is 0.588 bits per heavy atom. The van der Waals surface area contributed by atoms with Crippen molar-refractivity contribution in [2.75, 3.05) is 28.4 Å². The highest BCUT2D eigenvalue weighted by Gasteiger charge is 2.63. The number of azide groups is 1. The van der Waals surface area contributed by atoms with Gasteiger partial charge in [0.05, 0.1) is 69.9 Å². The summed E-state index contributed by atoms with van der Waals surface area (Å²) in [7, 11) is 1.36. The van der Waals surface area contributed by atoms with Gasteiger partial charge in [-0.1, -0.05) is 61.5 Å². The maximum absolute atomic E-state index is 13.8. The Labute approximate surface area is 805 Å². The molecule has 136 heavy (non-hydrogen) atoms. The van der Waals surface area contributed by atoms with Crippen molar-refractivity contribution in [1.29, 1.82) is 0 Å². The first-order chi connectivity index (χ1) is 60.8. The number of nitrogens with one attached hydrogen (secondary N) is 3. The third-order valence-corrected chi connectivity index (χ3v) is 37.2. The number of aromatic nitrogens is 1. The van der Waals surface area contributed by atoms with Crippen LogP contribution < -0.4 is 48.7 Å². The molecule has 0 bridgehead atoms. The number of carbonyl (C=O) groups is 8. The van der Waals surface area contributed by atoms with Gasteiger partial charge in [0.2, 0.25) is 16.6 Å². The molecule has 24 atom stereocenters. The van der Waals surface area contributed by atoms with Crippen LogP contribution in [0.3, 0.4) is 0 Å². The summed E-state index contributed by atoms with van der Waals surface area (Å²) in [5.41, 5.74) is 20.3. The first kappa shape index (κ1) is 116. The zero-order valence-electron chi connectivity index (χ0n) is 82.4. The molecule has 35 nitrogen and oxygen atoms in total. The van der Waals surface area contributed by atoms with Crippen LogP contribution >= 0.6 is 12.4 Å². The normalized spacial score (nSPS) is 29.4. The van der Waals surface area contributed by atoms with Gasteiger partial charge in [-0.05, 0) is 273 Å². The number of nitrogens with zero attached hydrogens (tertiary/aromatic N) is 6. The third-order valence-electron chi connectivity index (χ3n) is 28.2. The Morgan fingerprint density at radius 3 is 1.48 bits per heavy atom. The number of imide groups is 1. The molecule has 12 saturated carbocycles. The SMILES string of the molecule is C.C.CC(C)(C)OC(=O)N(C(=O)OC(C)(C)C)[C@@H]1C[C@H]2C[C@H]2[C@H]1O[Si](C)(C)C(C)(C)C.CC(C)(C)OC(=O)N[C@@H]1C[C@H]2C[C@H]2[C@@H]1N=[N+]=[N-].CC(C)(C)OC(=O)N[C@@H]1C[C@H]2C[C@H]2[C@H]1O.CC(C)(C)[Si](C)(C)O[C@@H]1[C@@H]2C[C@@H]2C[C@H]1N.CN1C(=O)c2c(O)c(=O)c(C(=O)NCc3c(F)cc(F)cc3F)cn2[C@H]2[C@@H]3C[C@@H]3C[C@H]21.COC(=O)c1occ(C(=O)OC)c(=O)c1OC.Cl.N[C@H]1[C@@H]2C[C@@H]2C[C@H]1N.O. The van der Waals surface area contributed by atoms with Crippen LogP contribution in [0.25, 0.3) is 10.4 Å². The van der Waals surface area contributed by atoms with Gasteiger partial charge in [0.15, 0.2) is 28.1 Å².